The van der Waals surface area contributed by atoms with E-state index < -0.39 is 0 Å². The van der Waals surface area contributed by atoms with E-state index in [1.165, 1.54) is 4.88 Å². The van der Waals surface area contributed by atoms with Crippen LogP contribution in [0.4, 0.5) is 0 Å². The molecule has 2 heterocycles. The van der Waals surface area contributed by atoms with Crippen LogP contribution in [-0.4, -0.2) is 41.9 Å². The first-order valence-corrected chi connectivity index (χ1v) is 6.84. The zero-order valence-corrected chi connectivity index (χ0v) is 11.9. The van der Waals surface area contributed by atoms with Gasteiger partial charge in [-0.05, 0) is 31.6 Å². The molecule has 0 aliphatic rings. The fourth-order valence-corrected chi connectivity index (χ4v) is 2.46. The van der Waals surface area contributed by atoms with E-state index in [-0.39, 0.29) is 6.10 Å². The highest BCUT2D eigenvalue weighted by molar-refractivity contribution is 7.10. The second kappa shape index (κ2) is 6.13. The molecule has 0 amide bonds. The molecule has 0 aliphatic carbocycles. The molecule has 4 nitrogen and oxygen atoms in total. The number of thiophene rings is 1. The van der Waals surface area contributed by atoms with Crippen LogP contribution in [0.15, 0.2) is 29.8 Å². The molecule has 1 atom stereocenters. The van der Waals surface area contributed by atoms with Gasteiger partial charge in [0, 0.05) is 24.7 Å². The van der Waals surface area contributed by atoms with Gasteiger partial charge in [-0.1, -0.05) is 6.07 Å². The predicted molar refractivity (Wildman–Crippen MR) is 73.9 cm³/mol. The topological polar surface area (TPSA) is 30.3 Å². The summed E-state index contributed by atoms with van der Waals surface area (Å²) in [4.78, 5) is 3.32. The number of hydrogen-bond donors (Lipinski definition) is 0. The van der Waals surface area contributed by atoms with Crippen LogP contribution in [0.2, 0.25) is 0 Å². The van der Waals surface area contributed by atoms with Gasteiger partial charge in [-0.2, -0.15) is 5.10 Å². The minimum atomic E-state index is -0.0499. The molecule has 98 valence electrons. The molecular weight excluding hydrogens is 246 g/mol. The van der Waals surface area contributed by atoms with Crippen molar-refractivity contribution in [2.75, 3.05) is 27.2 Å². The van der Waals surface area contributed by atoms with Gasteiger partial charge in [0.2, 0.25) is 0 Å². The summed E-state index contributed by atoms with van der Waals surface area (Å²) in [5, 5.41) is 6.52. The molecule has 18 heavy (non-hydrogen) atoms. The second-order valence-electron chi connectivity index (χ2n) is 4.48. The van der Waals surface area contributed by atoms with Gasteiger partial charge in [-0.3, -0.25) is 4.68 Å². The number of nitrogens with zero attached hydrogens (tertiary/aromatic N) is 3. The minimum Gasteiger partial charge on any atom is -0.365 e. The van der Waals surface area contributed by atoms with Crippen molar-refractivity contribution in [3.8, 4) is 0 Å². The van der Waals surface area contributed by atoms with Gasteiger partial charge in [0.05, 0.1) is 12.3 Å². The summed E-state index contributed by atoms with van der Waals surface area (Å²) in [5.41, 5.74) is 0.971. The Morgan fingerprint density at radius 3 is 2.83 bits per heavy atom. The lowest BCUT2D eigenvalue weighted by atomic mass is 10.2. The summed E-state index contributed by atoms with van der Waals surface area (Å²) in [5.74, 6) is 0. The highest BCUT2D eigenvalue weighted by atomic mass is 32.1. The SMILES string of the molecule is CN(C)CCOC(c1ccn(C)n1)c1cccs1. The fraction of sp³-hybridized carbons (Fsp3) is 0.462. The van der Waals surface area contributed by atoms with Gasteiger partial charge in [0.15, 0.2) is 0 Å². The van der Waals surface area contributed by atoms with Crippen LogP contribution in [-0.2, 0) is 11.8 Å². The second-order valence-corrected chi connectivity index (χ2v) is 5.46. The molecule has 0 N–H and O–H groups in total. The molecule has 0 bridgehead atoms. The molecule has 0 saturated carbocycles. The average Bonchev–Trinajstić information content (AvgIpc) is 2.95. The normalized spacial score (nSPS) is 13.1. The zero-order valence-electron chi connectivity index (χ0n) is 11.0. The van der Waals surface area contributed by atoms with Gasteiger partial charge in [-0.25, -0.2) is 0 Å². The smallest absolute Gasteiger partial charge is 0.135 e. The number of aromatic nitrogens is 2. The first-order chi connectivity index (χ1) is 8.66. The van der Waals surface area contributed by atoms with Crippen LogP contribution in [0.25, 0.3) is 0 Å². The van der Waals surface area contributed by atoms with Gasteiger partial charge in [0.25, 0.3) is 0 Å². The van der Waals surface area contributed by atoms with Gasteiger partial charge < -0.3 is 9.64 Å². The van der Waals surface area contributed by atoms with E-state index in [1.54, 1.807) is 11.3 Å². The van der Waals surface area contributed by atoms with Crippen molar-refractivity contribution in [3.63, 3.8) is 0 Å². The standard InChI is InChI=1S/C13H19N3OS/c1-15(2)8-9-17-13(12-5-4-10-18-12)11-6-7-16(3)14-11/h4-7,10,13H,8-9H2,1-3H3. The number of ether oxygens (including phenoxy) is 1. The Balaban J connectivity index is 2.09. The highest BCUT2D eigenvalue weighted by Gasteiger charge is 2.18. The van der Waals surface area contributed by atoms with Crippen LogP contribution < -0.4 is 0 Å². The maximum atomic E-state index is 5.99. The Labute approximate surface area is 112 Å². The van der Waals surface area contributed by atoms with Crippen molar-refractivity contribution in [2.45, 2.75) is 6.10 Å². The summed E-state index contributed by atoms with van der Waals surface area (Å²) < 4.78 is 7.80. The summed E-state index contributed by atoms with van der Waals surface area (Å²) in [6, 6.07) is 6.16. The van der Waals surface area contributed by atoms with Crippen LogP contribution in [0.1, 0.15) is 16.7 Å². The summed E-state index contributed by atoms with van der Waals surface area (Å²) in [6.45, 7) is 1.61. The first kappa shape index (κ1) is 13.3. The van der Waals surface area contributed by atoms with Crippen molar-refractivity contribution in [3.05, 3.63) is 40.3 Å². The summed E-state index contributed by atoms with van der Waals surface area (Å²) >= 11 is 1.71. The van der Waals surface area contributed by atoms with Crippen molar-refractivity contribution in [2.24, 2.45) is 7.05 Å². The van der Waals surface area contributed by atoms with E-state index in [9.17, 15) is 0 Å². The predicted octanol–water partition coefficient (Wildman–Crippen LogP) is 2.15. The Hall–Kier alpha value is -1.17. The molecular formula is C13H19N3OS. The summed E-state index contributed by atoms with van der Waals surface area (Å²) in [6.07, 6.45) is 1.90. The number of likely N-dealkylation sites (N-methyl/N-ethyl adjacent to an activating group) is 1. The molecule has 2 aromatic heterocycles. The highest BCUT2D eigenvalue weighted by Crippen LogP contribution is 2.28. The van der Waals surface area contributed by atoms with Crippen LogP contribution >= 0.6 is 11.3 Å². The van der Waals surface area contributed by atoms with E-state index in [0.29, 0.717) is 6.61 Å². The molecule has 5 heteroatoms. The maximum absolute atomic E-state index is 5.99. The lowest BCUT2D eigenvalue weighted by molar-refractivity contribution is 0.0679. The average molecular weight is 265 g/mol. The Morgan fingerprint density at radius 1 is 1.44 bits per heavy atom. The van der Waals surface area contributed by atoms with Gasteiger partial charge in [0.1, 0.15) is 6.10 Å². The van der Waals surface area contributed by atoms with Crippen molar-refractivity contribution < 1.29 is 4.74 Å². The molecule has 2 aromatic rings. The minimum absolute atomic E-state index is 0.0499. The van der Waals surface area contributed by atoms with Crippen LogP contribution in [0.5, 0.6) is 0 Å². The third-order valence-corrected chi connectivity index (χ3v) is 3.54. The molecule has 0 aliphatic heterocycles. The van der Waals surface area contributed by atoms with E-state index in [2.05, 4.69) is 21.4 Å². The Bertz CT molecular complexity index is 464. The van der Waals surface area contributed by atoms with Crippen molar-refractivity contribution >= 4 is 11.3 Å². The third-order valence-electron chi connectivity index (χ3n) is 2.63. The number of hydrogen-bond acceptors (Lipinski definition) is 4. The van der Waals surface area contributed by atoms with Gasteiger partial charge >= 0.3 is 0 Å². The Kier molecular flexibility index (Phi) is 4.52. The molecule has 0 saturated heterocycles. The molecule has 2 rings (SSSR count). The van der Waals surface area contributed by atoms with E-state index in [1.807, 2.05) is 44.2 Å². The van der Waals surface area contributed by atoms with E-state index >= 15 is 0 Å². The monoisotopic (exact) mass is 265 g/mol. The Morgan fingerprint density at radius 2 is 2.28 bits per heavy atom. The number of aryl methyl sites for hydroxylation is 1. The van der Waals surface area contributed by atoms with Crippen molar-refractivity contribution in [1.29, 1.82) is 0 Å². The third kappa shape index (κ3) is 3.41. The molecule has 0 radical (unpaired) electrons. The maximum Gasteiger partial charge on any atom is 0.135 e. The van der Waals surface area contributed by atoms with Crippen LogP contribution in [0.3, 0.4) is 0 Å². The summed E-state index contributed by atoms with van der Waals surface area (Å²) in [7, 11) is 6.02. The first-order valence-electron chi connectivity index (χ1n) is 5.96. The zero-order chi connectivity index (χ0) is 13.0. The lowest BCUT2D eigenvalue weighted by Crippen LogP contribution is -2.20. The van der Waals surface area contributed by atoms with E-state index in [4.69, 9.17) is 4.74 Å². The molecule has 0 aromatic carbocycles. The molecule has 0 spiro atoms. The number of rotatable bonds is 6. The quantitative estimate of drug-likeness (QED) is 0.801. The molecule has 1 unspecified atom stereocenters. The molecule has 0 fully saturated rings. The van der Waals surface area contributed by atoms with Crippen LogP contribution in [0, 0.1) is 0 Å². The largest absolute Gasteiger partial charge is 0.365 e. The van der Waals surface area contributed by atoms with Gasteiger partial charge in [-0.15, -0.1) is 11.3 Å². The lowest BCUT2D eigenvalue weighted by Gasteiger charge is -2.16. The fourth-order valence-electron chi connectivity index (χ4n) is 1.68. The van der Waals surface area contributed by atoms with Crippen molar-refractivity contribution in [1.82, 2.24) is 14.7 Å². The van der Waals surface area contributed by atoms with E-state index in [0.717, 1.165) is 12.2 Å².